The van der Waals surface area contributed by atoms with Crippen LogP contribution < -0.4 is 10.5 Å². The fraction of sp³-hybridized carbons (Fsp3) is 0.389. The molecule has 1 aromatic carbocycles. The molecule has 2 N–H and O–H groups in total. The van der Waals surface area contributed by atoms with E-state index in [1.807, 2.05) is 12.1 Å². The molecule has 23 heavy (non-hydrogen) atoms. The summed E-state index contributed by atoms with van der Waals surface area (Å²) in [6, 6.07) is 8.21. The zero-order chi connectivity index (χ0) is 16.6. The van der Waals surface area contributed by atoms with Crippen molar-refractivity contribution >= 4 is 16.3 Å². The third-order valence-corrected chi connectivity index (χ3v) is 5.02. The lowest BCUT2D eigenvalue weighted by atomic mass is 10.1. The largest absolute Gasteiger partial charge is 0.497 e. The second kappa shape index (κ2) is 6.34. The van der Waals surface area contributed by atoms with Crippen LogP contribution in [0.1, 0.15) is 36.0 Å². The van der Waals surface area contributed by atoms with Crippen LogP contribution in [0.25, 0.3) is 16.2 Å². The Morgan fingerprint density at radius 1 is 1.26 bits per heavy atom. The molecule has 2 aromatic heterocycles. The number of benzene rings is 1. The molecular weight excluding hydrogens is 306 g/mol. The Labute approximate surface area is 140 Å². The summed E-state index contributed by atoms with van der Waals surface area (Å²) in [5, 5.41) is 0. The van der Waals surface area contributed by atoms with E-state index in [-0.39, 0.29) is 0 Å². The molecule has 3 aromatic rings. The quantitative estimate of drug-likeness (QED) is 0.769. The van der Waals surface area contributed by atoms with Gasteiger partial charge in [-0.05, 0) is 49.2 Å². The predicted octanol–water partition coefficient (Wildman–Crippen LogP) is 4.00. The zero-order valence-corrected chi connectivity index (χ0v) is 14.9. The van der Waals surface area contributed by atoms with Gasteiger partial charge in [-0.25, -0.2) is 4.98 Å². The number of fused-ring (bicyclic) bond motifs is 1. The van der Waals surface area contributed by atoms with E-state index in [1.54, 1.807) is 18.4 Å². The highest BCUT2D eigenvalue weighted by Crippen LogP contribution is 2.35. The van der Waals surface area contributed by atoms with Crippen molar-refractivity contribution < 1.29 is 4.74 Å². The van der Waals surface area contributed by atoms with Crippen molar-refractivity contribution in [1.82, 2.24) is 9.38 Å². The topological polar surface area (TPSA) is 52.5 Å². The van der Waals surface area contributed by atoms with E-state index in [0.717, 1.165) is 22.8 Å². The van der Waals surface area contributed by atoms with Crippen LogP contribution >= 0.6 is 11.3 Å². The molecule has 4 nitrogen and oxygen atoms in total. The van der Waals surface area contributed by atoms with Gasteiger partial charge in [0, 0.05) is 17.0 Å². The smallest absolute Gasteiger partial charge is 0.194 e. The molecule has 0 fully saturated rings. The Hall–Kier alpha value is -1.85. The number of ether oxygens (including phenoxy) is 1. The second-order valence-electron chi connectivity index (χ2n) is 5.99. The summed E-state index contributed by atoms with van der Waals surface area (Å²) in [4.78, 5) is 7.20. The summed E-state index contributed by atoms with van der Waals surface area (Å²) in [5.41, 5.74) is 10.7. The Morgan fingerprint density at radius 2 is 1.96 bits per heavy atom. The lowest BCUT2D eigenvalue weighted by molar-refractivity contribution is 0.415. The Kier molecular flexibility index (Phi) is 4.41. The number of nitrogens with two attached hydrogens (primary N) is 1. The number of thiazole rings is 1. The normalized spacial score (nSPS) is 11.6. The monoisotopic (exact) mass is 329 g/mol. The summed E-state index contributed by atoms with van der Waals surface area (Å²) < 4.78 is 7.56. The molecule has 0 amide bonds. The minimum Gasteiger partial charge on any atom is -0.497 e. The number of aryl methyl sites for hydroxylation is 1. The van der Waals surface area contributed by atoms with E-state index in [1.165, 1.54) is 21.8 Å². The van der Waals surface area contributed by atoms with E-state index in [9.17, 15) is 0 Å². The third kappa shape index (κ3) is 2.75. The number of imidazole rings is 1. The van der Waals surface area contributed by atoms with Crippen molar-refractivity contribution in [2.24, 2.45) is 5.73 Å². The lowest BCUT2D eigenvalue weighted by Gasteiger charge is -2.10. The maximum absolute atomic E-state index is 5.86. The number of methoxy groups -OCH3 is 1. The molecule has 122 valence electrons. The van der Waals surface area contributed by atoms with Crippen molar-refractivity contribution in [3.8, 4) is 17.0 Å². The van der Waals surface area contributed by atoms with Crippen LogP contribution in [0.15, 0.2) is 24.3 Å². The minimum atomic E-state index is 0.396. The SMILES string of the molecule is COc1ccc(-c2c(C)sc3nc(C(C)C)c(CCN)n23)cc1. The minimum absolute atomic E-state index is 0.396. The summed E-state index contributed by atoms with van der Waals surface area (Å²) in [5.74, 6) is 1.27. The van der Waals surface area contributed by atoms with Crippen molar-refractivity contribution in [3.05, 3.63) is 40.5 Å². The number of hydrogen-bond donors (Lipinski definition) is 1. The average molecular weight is 329 g/mol. The summed E-state index contributed by atoms with van der Waals surface area (Å²) in [6.07, 6.45) is 0.841. The van der Waals surface area contributed by atoms with Gasteiger partial charge in [0.05, 0.1) is 18.5 Å². The number of hydrogen-bond acceptors (Lipinski definition) is 4. The van der Waals surface area contributed by atoms with Crippen molar-refractivity contribution in [2.45, 2.75) is 33.1 Å². The molecule has 0 aliphatic carbocycles. The maximum Gasteiger partial charge on any atom is 0.194 e. The van der Waals surface area contributed by atoms with E-state index in [2.05, 4.69) is 37.3 Å². The molecule has 0 radical (unpaired) electrons. The van der Waals surface area contributed by atoms with E-state index in [4.69, 9.17) is 15.5 Å². The second-order valence-corrected chi connectivity index (χ2v) is 7.17. The van der Waals surface area contributed by atoms with Crippen LogP contribution in [0.2, 0.25) is 0 Å². The Morgan fingerprint density at radius 3 is 2.52 bits per heavy atom. The van der Waals surface area contributed by atoms with Gasteiger partial charge in [-0.2, -0.15) is 0 Å². The highest BCUT2D eigenvalue weighted by Gasteiger charge is 2.21. The molecular formula is C18H23N3OS. The standard InChI is InChI=1S/C18H23N3OS/c1-11(2)16-15(9-10-19)21-17(12(3)23-18(21)20-16)13-5-7-14(22-4)8-6-13/h5-8,11H,9-10,19H2,1-4H3. The number of nitrogens with zero attached hydrogens (tertiary/aromatic N) is 2. The van der Waals surface area contributed by atoms with Gasteiger partial charge in [-0.3, -0.25) is 4.40 Å². The first-order chi connectivity index (χ1) is 11.1. The summed E-state index contributed by atoms with van der Waals surface area (Å²) in [7, 11) is 1.69. The van der Waals surface area contributed by atoms with Crippen LogP contribution in [0.5, 0.6) is 5.75 Å². The van der Waals surface area contributed by atoms with Crippen LogP contribution in [-0.4, -0.2) is 23.0 Å². The molecule has 0 aliphatic heterocycles. The molecule has 0 aliphatic rings. The molecule has 0 spiro atoms. The van der Waals surface area contributed by atoms with Crippen LogP contribution in [0.4, 0.5) is 0 Å². The molecule has 0 saturated heterocycles. The van der Waals surface area contributed by atoms with Crippen LogP contribution in [0, 0.1) is 6.92 Å². The van der Waals surface area contributed by atoms with Gasteiger partial charge in [0.2, 0.25) is 0 Å². The molecule has 0 atom stereocenters. The van der Waals surface area contributed by atoms with Gasteiger partial charge in [0.1, 0.15) is 5.75 Å². The van der Waals surface area contributed by atoms with E-state index in [0.29, 0.717) is 12.5 Å². The van der Waals surface area contributed by atoms with Crippen molar-refractivity contribution in [3.63, 3.8) is 0 Å². The van der Waals surface area contributed by atoms with Gasteiger partial charge in [0.25, 0.3) is 0 Å². The Balaban J connectivity index is 2.24. The molecule has 0 unspecified atom stereocenters. The van der Waals surface area contributed by atoms with Crippen LogP contribution in [-0.2, 0) is 6.42 Å². The highest BCUT2D eigenvalue weighted by molar-refractivity contribution is 7.17. The molecule has 5 heteroatoms. The number of aromatic nitrogens is 2. The molecule has 0 saturated carbocycles. The first-order valence-corrected chi connectivity index (χ1v) is 8.73. The summed E-state index contributed by atoms with van der Waals surface area (Å²) >= 11 is 1.74. The predicted molar refractivity (Wildman–Crippen MR) is 96.6 cm³/mol. The van der Waals surface area contributed by atoms with Crippen LogP contribution in [0.3, 0.4) is 0 Å². The highest BCUT2D eigenvalue weighted by atomic mass is 32.1. The summed E-state index contributed by atoms with van der Waals surface area (Å²) in [6.45, 7) is 7.16. The molecule has 2 heterocycles. The zero-order valence-electron chi connectivity index (χ0n) is 14.1. The molecule has 0 bridgehead atoms. The van der Waals surface area contributed by atoms with Gasteiger partial charge < -0.3 is 10.5 Å². The lowest BCUT2D eigenvalue weighted by Crippen LogP contribution is -2.08. The van der Waals surface area contributed by atoms with E-state index >= 15 is 0 Å². The number of rotatable bonds is 5. The first kappa shape index (κ1) is 16.0. The van der Waals surface area contributed by atoms with Gasteiger partial charge >= 0.3 is 0 Å². The van der Waals surface area contributed by atoms with Crippen molar-refractivity contribution in [1.29, 1.82) is 0 Å². The third-order valence-electron chi connectivity index (χ3n) is 4.07. The first-order valence-electron chi connectivity index (χ1n) is 7.92. The van der Waals surface area contributed by atoms with Gasteiger partial charge in [-0.1, -0.05) is 13.8 Å². The van der Waals surface area contributed by atoms with Gasteiger partial charge in [-0.15, -0.1) is 11.3 Å². The van der Waals surface area contributed by atoms with E-state index < -0.39 is 0 Å². The van der Waals surface area contributed by atoms with Gasteiger partial charge in [0.15, 0.2) is 4.96 Å². The fourth-order valence-corrected chi connectivity index (χ4v) is 4.03. The maximum atomic E-state index is 5.86. The fourth-order valence-electron chi connectivity index (χ4n) is 3.01. The Bertz CT molecular complexity index is 815. The van der Waals surface area contributed by atoms with Crippen molar-refractivity contribution in [2.75, 3.05) is 13.7 Å². The average Bonchev–Trinajstić information content (AvgIpc) is 3.03. The molecule has 3 rings (SSSR count).